The summed E-state index contributed by atoms with van der Waals surface area (Å²) in [6.07, 6.45) is -0.896. The van der Waals surface area contributed by atoms with Gasteiger partial charge in [-0.1, -0.05) is 23.7 Å². The van der Waals surface area contributed by atoms with Crippen molar-refractivity contribution < 1.29 is 36.6 Å². The minimum Gasteiger partial charge on any atom is -0.478 e. The molecular weight excluding hydrogens is 518 g/mol. The SMILES string of the molecule is CC(COC(=O)NCc1ccc(C(=O)O)cc1)N(c1cc(F)ccc1F)S(=O)(=O)c1ccc(Cl)cc1. The van der Waals surface area contributed by atoms with Gasteiger partial charge in [0.25, 0.3) is 10.0 Å². The zero-order valence-electron chi connectivity index (χ0n) is 18.8. The van der Waals surface area contributed by atoms with E-state index < -0.39 is 52.1 Å². The molecule has 0 saturated heterocycles. The molecule has 0 radical (unpaired) electrons. The van der Waals surface area contributed by atoms with Gasteiger partial charge in [0.15, 0.2) is 0 Å². The van der Waals surface area contributed by atoms with Gasteiger partial charge in [-0.25, -0.2) is 26.8 Å². The number of nitrogens with one attached hydrogen (secondary N) is 1. The number of anilines is 1. The summed E-state index contributed by atoms with van der Waals surface area (Å²) in [5.41, 5.74) is 0.125. The lowest BCUT2D eigenvalue weighted by atomic mass is 10.1. The first-order valence-corrected chi connectivity index (χ1v) is 12.3. The molecule has 0 spiro atoms. The van der Waals surface area contributed by atoms with Crippen LogP contribution >= 0.6 is 11.6 Å². The molecule has 3 aromatic rings. The third-order valence-corrected chi connectivity index (χ3v) is 7.20. The number of carbonyl (C=O) groups excluding carboxylic acids is 1. The Kier molecular flexibility index (Phi) is 8.49. The van der Waals surface area contributed by atoms with Crippen LogP contribution in [0, 0.1) is 11.6 Å². The van der Waals surface area contributed by atoms with Crippen LogP contribution in [-0.2, 0) is 21.3 Å². The topological polar surface area (TPSA) is 113 Å². The molecular formula is C24H21ClF2N2O6S. The van der Waals surface area contributed by atoms with Gasteiger partial charge in [0.2, 0.25) is 0 Å². The molecule has 1 atom stereocenters. The molecule has 0 saturated carbocycles. The summed E-state index contributed by atoms with van der Waals surface area (Å²) in [5.74, 6) is -2.94. The molecule has 0 heterocycles. The Hall–Kier alpha value is -3.70. The minimum absolute atomic E-state index is 0.0123. The highest BCUT2D eigenvalue weighted by molar-refractivity contribution is 7.92. The molecule has 0 aromatic heterocycles. The Bertz CT molecular complexity index is 1350. The number of halogens is 3. The van der Waals surface area contributed by atoms with E-state index in [4.69, 9.17) is 21.4 Å². The smallest absolute Gasteiger partial charge is 0.407 e. The van der Waals surface area contributed by atoms with E-state index in [9.17, 15) is 26.8 Å². The molecule has 3 aromatic carbocycles. The summed E-state index contributed by atoms with van der Waals surface area (Å²) in [4.78, 5) is 22.9. The quantitative estimate of drug-likeness (QED) is 0.403. The summed E-state index contributed by atoms with van der Waals surface area (Å²) in [7, 11) is -4.42. The monoisotopic (exact) mass is 538 g/mol. The van der Waals surface area contributed by atoms with Gasteiger partial charge in [0, 0.05) is 17.6 Å². The first-order valence-electron chi connectivity index (χ1n) is 10.5. The van der Waals surface area contributed by atoms with Crippen molar-refractivity contribution in [3.8, 4) is 0 Å². The molecule has 0 aliphatic carbocycles. The zero-order valence-corrected chi connectivity index (χ0v) is 20.4. The molecule has 1 amide bonds. The van der Waals surface area contributed by atoms with Crippen LogP contribution in [0.15, 0.2) is 71.6 Å². The number of rotatable bonds is 9. The second-order valence-corrected chi connectivity index (χ2v) is 9.90. The fourth-order valence-electron chi connectivity index (χ4n) is 3.23. The Balaban J connectivity index is 1.76. The largest absolute Gasteiger partial charge is 0.478 e. The average molecular weight is 539 g/mol. The number of alkyl carbamates (subject to hydrolysis) is 1. The highest BCUT2D eigenvalue weighted by atomic mass is 35.5. The van der Waals surface area contributed by atoms with Crippen molar-refractivity contribution in [2.45, 2.75) is 24.4 Å². The van der Waals surface area contributed by atoms with Crippen molar-refractivity contribution in [3.63, 3.8) is 0 Å². The molecule has 36 heavy (non-hydrogen) atoms. The molecule has 0 bridgehead atoms. The molecule has 1 unspecified atom stereocenters. The van der Waals surface area contributed by atoms with Gasteiger partial charge >= 0.3 is 12.1 Å². The molecule has 190 valence electrons. The van der Waals surface area contributed by atoms with Crippen LogP contribution in [0.3, 0.4) is 0 Å². The zero-order chi connectivity index (χ0) is 26.5. The summed E-state index contributed by atoms with van der Waals surface area (Å²) in [5, 5.41) is 11.7. The maximum absolute atomic E-state index is 14.6. The maximum Gasteiger partial charge on any atom is 0.407 e. The number of carboxylic acids is 1. The van der Waals surface area contributed by atoms with Crippen molar-refractivity contribution in [1.82, 2.24) is 5.32 Å². The number of nitrogens with zero attached hydrogens (tertiary/aromatic N) is 1. The van der Waals surface area contributed by atoms with Crippen LogP contribution < -0.4 is 9.62 Å². The number of carboxylic acid groups (broad SMARTS) is 1. The Labute approximate surface area is 211 Å². The molecule has 3 rings (SSSR count). The lowest BCUT2D eigenvalue weighted by molar-refractivity contribution is 0.0696. The number of sulfonamides is 1. The third kappa shape index (κ3) is 6.49. The van der Waals surface area contributed by atoms with Gasteiger partial charge in [0.1, 0.15) is 18.2 Å². The summed E-state index contributed by atoms with van der Waals surface area (Å²) >= 11 is 5.84. The summed E-state index contributed by atoms with van der Waals surface area (Å²) in [6.45, 7) is 0.890. The van der Waals surface area contributed by atoms with E-state index >= 15 is 0 Å². The highest BCUT2D eigenvalue weighted by Crippen LogP contribution is 2.30. The van der Waals surface area contributed by atoms with E-state index in [1.807, 2.05) is 0 Å². The van der Waals surface area contributed by atoms with E-state index in [0.29, 0.717) is 9.87 Å². The Morgan fingerprint density at radius 1 is 1.06 bits per heavy atom. The van der Waals surface area contributed by atoms with Crippen LogP contribution in [0.5, 0.6) is 0 Å². The lowest BCUT2D eigenvalue weighted by Crippen LogP contribution is -2.43. The van der Waals surface area contributed by atoms with Gasteiger partial charge < -0.3 is 15.2 Å². The summed E-state index contributed by atoms with van der Waals surface area (Å²) in [6, 6.07) is 12.1. The third-order valence-electron chi connectivity index (χ3n) is 5.01. The molecule has 0 fully saturated rings. The minimum atomic E-state index is -4.42. The van der Waals surface area contributed by atoms with E-state index in [1.165, 1.54) is 55.5 Å². The van der Waals surface area contributed by atoms with E-state index in [-0.39, 0.29) is 22.0 Å². The van der Waals surface area contributed by atoms with Crippen LogP contribution in [0.25, 0.3) is 0 Å². The van der Waals surface area contributed by atoms with Crippen LogP contribution in [0.2, 0.25) is 5.02 Å². The molecule has 0 aliphatic rings. The van der Waals surface area contributed by atoms with Crippen LogP contribution in [0.1, 0.15) is 22.8 Å². The average Bonchev–Trinajstić information content (AvgIpc) is 2.84. The van der Waals surface area contributed by atoms with E-state index in [0.717, 1.165) is 18.2 Å². The molecule has 0 aliphatic heterocycles. The standard InChI is InChI=1S/C24H21ClF2N2O6S/c1-15(14-35-24(32)28-13-16-2-4-17(5-3-16)23(30)31)29(22-12-19(26)8-11-21(22)27)36(33,34)20-9-6-18(25)7-10-20/h2-12,15H,13-14H2,1H3,(H,28,32)(H,30,31). The maximum atomic E-state index is 14.6. The number of carbonyl (C=O) groups is 2. The number of ether oxygens (including phenoxy) is 1. The molecule has 8 nitrogen and oxygen atoms in total. The predicted octanol–water partition coefficient (Wildman–Crippen LogP) is 4.83. The van der Waals surface area contributed by atoms with Crippen LogP contribution in [0.4, 0.5) is 19.3 Å². The number of hydrogen-bond acceptors (Lipinski definition) is 5. The normalized spacial score (nSPS) is 12.0. The van der Waals surface area contributed by atoms with E-state index in [1.54, 1.807) is 0 Å². The second kappa shape index (κ2) is 11.4. The second-order valence-electron chi connectivity index (χ2n) is 7.65. The van der Waals surface area contributed by atoms with Gasteiger partial charge in [-0.15, -0.1) is 0 Å². The van der Waals surface area contributed by atoms with Crippen molar-refractivity contribution in [3.05, 3.63) is 94.5 Å². The van der Waals surface area contributed by atoms with Crippen LogP contribution in [-0.4, -0.2) is 38.2 Å². The van der Waals surface area contributed by atoms with E-state index in [2.05, 4.69) is 5.32 Å². The Morgan fingerprint density at radius 3 is 2.31 bits per heavy atom. The first-order chi connectivity index (χ1) is 17.0. The van der Waals surface area contributed by atoms with Crippen molar-refractivity contribution in [2.75, 3.05) is 10.9 Å². The summed E-state index contributed by atoms with van der Waals surface area (Å²) < 4.78 is 61.1. The predicted molar refractivity (Wildman–Crippen MR) is 129 cm³/mol. The van der Waals surface area contributed by atoms with Crippen molar-refractivity contribution >= 4 is 39.4 Å². The molecule has 12 heteroatoms. The van der Waals surface area contributed by atoms with Gasteiger partial charge in [-0.05, 0) is 61.0 Å². The number of aromatic carboxylic acids is 1. The lowest BCUT2D eigenvalue weighted by Gasteiger charge is -2.30. The number of hydrogen-bond donors (Lipinski definition) is 2. The van der Waals surface area contributed by atoms with Gasteiger partial charge in [-0.3, -0.25) is 4.31 Å². The Morgan fingerprint density at radius 2 is 1.69 bits per heavy atom. The van der Waals surface area contributed by atoms with Crippen molar-refractivity contribution in [2.24, 2.45) is 0 Å². The fourth-order valence-corrected chi connectivity index (χ4v) is 5.00. The number of benzene rings is 3. The van der Waals surface area contributed by atoms with Gasteiger partial charge in [0.05, 0.1) is 22.2 Å². The van der Waals surface area contributed by atoms with Gasteiger partial charge in [-0.2, -0.15) is 0 Å². The fraction of sp³-hybridized carbons (Fsp3) is 0.167. The first kappa shape index (κ1) is 26.9. The van der Waals surface area contributed by atoms with Crippen molar-refractivity contribution in [1.29, 1.82) is 0 Å². The molecule has 2 N–H and O–H groups in total. The number of amides is 1. The highest BCUT2D eigenvalue weighted by Gasteiger charge is 2.32.